The van der Waals surface area contributed by atoms with E-state index in [1.807, 2.05) is 12.1 Å². The van der Waals surface area contributed by atoms with Gasteiger partial charge in [-0.05, 0) is 26.0 Å². The van der Waals surface area contributed by atoms with E-state index in [1.54, 1.807) is 12.1 Å². The molecule has 3 aliphatic heterocycles. The van der Waals surface area contributed by atoms with Crippen LogP contribution in [0.1, 0.15) is 12.0 Å². The van der Waals surface area contributed by atoms with Crippen molar-refractivity contribution in [3.8, 4) is 11.5 Å². The van der Waals surface area contributed by atoms with Gasteiger partial charge in [-0.3, -0.25) is 10.2 Å². The summed E-state index contributed by atoms with van der Waals surface area (Å²) in [6.45, 7) is 5.34. The number of anilines is 1. The molecule has 10 nitrogen and oxygen atoms in total. The summed E-state index contributed by atoms with van der Waals surface area (Å²) in [5.74, 6) is 1.38. The second-order valence-corrected chi connectivity index (χ2v) is 10.7. The normalized spacial score (nSPS) is 23.3. The molecule has 3 aliphatic rings. The number of carbonyl (C=O) groups is 1. The molecule has 32 heavy (non-hydrogen) atoms. The highest BCUT2D eigenvalue weighted by Gasteiger charge is 2.32. The number of hydrogen-bond acceptors (Lipinski definition) is 8. The molecule has 3 heterocycles. The first kappa shape index (κ1) is 23.1. The summed E-state index contributed by atoms with van der Waals surface area (Å²) in [5.41, 5.74) is 4.96. The SMILES string of the molecule is COc1cc2c(c(N3CCN(C)CC3)c1)OC(C(=O)NN1CCN(S(C)(=O)=O)CC1)CC2. The third kappa shape index (κ3) is 5.11. The molecule has 2 fully saturated rings. The van der Waals surface area contributed by atoms with Crippen LogP contribution in [0.5, 0.6) is 11.5 Å². The molecule has 0 aromatic heterocycles. The number of amides is 1. The number of hydrazine groups is 1. The van der Waals surface area contributed by atoms with Crippen molar-refractivity contribution >= 4 is 21.6 Å². The van der Waals surface area contributed by atoms with E-state index in [2.05, 4.69) is 22.3 Å². The summed E-state index contributed by atoms with van der Waals surface area (Å²) in [7, 11) is 0.577. The molecule has 1 aromatic rings. The van der Waals surface area contributed by atoms with Crippen molar-refractivity contribution in [2.45, 2.75) is 18.9 Å². The van der Waals surface area contributed by atoms with E-state index >= 15 is 0 Å². The summed E-state index contributed by atoms with van der Waals surface area (Å²) in [5, 5.41) is 1.78. The van der Waals surface area contributed by atoms with E-state index in [1.165, 1.54) is 10.6 Å². The van der Waals surface area contributed by atoms with Crippen molar-refractivity contribution in [3.63, 3.8) is 0 Å². The molecule has 4 rings (SSSR count). The minimum Gasteiger partial charge on any atom is -0.497 e. The fraction of sp³-hybridized carbons (Fsp3) is 0.667. The Labute approximate surface area is 190 Å². The van der Waals surface area contributed by atoms with Gasteiger partial charge < -0.3 is 19.3 Å². The van der Waals surface area contributed by atoms with Crippen LogP contribution in [0.3, 0.4) is 0 Å². The molecule has 0 bridgehead atoms. The second kappa shape index (κ2) is 9.42. The Morgan fingerprint density at radius 1 is 1.09 bits per heavy atom. The fourth-order valence-electron chi connectivity index (χ4n) is 4.40. The van der Waals surface area contributed by atoms with Gasteiger partial charge in [-0.1, -0.05) is 0 Å². The quantitative estimate of drug-likeness (QED) is 0.634. The molecule has 178 valence electrons. The highest BCUT2D eigenvalue weighted by Crippen LogP contribution is 2.41. The fourth-order valence-corrected chi connectivity index (χ4v) is 5.22. The van der Waals surface area contributed by atoms with Gasteiger partial charge >= 0.3 is 0 Å². The number of rotatable bonds is 5. The first-order valence-corrected chi connectivity index (χ1v) is 12.9. The summed E-state index contributed by atoms with van der Waals surface area (Å²) in [6, 6.07) is 3.99. The second-order valence-electron chi connectivity index (χ2n) is 8.70. The molecule has 1 aromatic carbocycles. The first-order chi connectivity index (χ1) is 15.2. The van der Waals surface area contributed by atoms with Gasteiger partial charge in [0.1, 0.15) is 11.5 Å². The molecular weight excluding hydrogens is 434 g/mol. The zero-order valence-electron chi connectivity index (χ0n) is 19.0. The Morgan fingerprint density at radius 2 is 1.78 bits per heavy atom. The molecule has 1 unspecified atom stereocenters. The Kier molecular flexibility index (Phi) is 6.80. The van der Waals surface area contributed by atoms with Gasteiger partial charge in [0.15, 0.2) is 6.10 Å². The van der Waals surface area contributed by atoms with Crippen molar-refractivity contribution in [2.24, 2.45) is 0 Å². The van der Waals surface area contributed by atoms with Crippen LogP contribution in [0.15, 0.2) is 12.1 Å². The van der Waals surface area contributed by atoms with E-state index in [0.717, 1.165) is 55.3 Å². The molecule has 1 N–H and O–H groups in total. The van der Waals surface area contributed by atoms with Crippen molar-refractivity contribution in [3.05, 3.63) is 17.7 Å². The number of ether oxygens (including phenoxy) is 2. The lowest BCUT2D eigenvalue weighted by atomic mass is 9.99. The molecular formula is C21H33N5O5S. The number of piperazine rings is 2. The summed E-state index contributed by atoms with van der Waals surface area (Å²) < 4.78 is 36.6. The zero-order chi connectivity index (χ0) is 22.9. The van der Waals surface area contributed by atoms with Crippen molar-refractivity contribution in [1.82, 2.24) is 19.6 Å². The topological polar surface area (TPSA) is 94.7 Å². The molecule has 0 saturated carbocycles. The number of benzene rings is 1. The number of aryl methyl sites for hydroxylation is 1. The first-order valence-electron chi connectivity index (χ1n) is 11.1. The van der Waals surface area contributed by atoms with Crippen LogP contribution >= 0.6 is 0 Å². The maximum Gasteiger partial charge on any atom is 0.275 e. The van der Waals surface area contributed by atoms with Crippen LogP contribution < -0.4 is 19.8 Å². The number of sulfonamides is 1. The van der Waals surface area contributed by atoms with E-state index in [-0.39, 0.29) is 5.91 Å². The molecule has 0 aliphatic carbocycles. The highest BCUT2D eigenvalue weighted by atomic mass is 32.2. The van der Waals surface area contributed by atoms with Crippen LogP contribution in [0.4, 0.5) is 5.69 Å². The Balaban J connectivity index is 1.44. The molecule has 2 saturated heterocycles. The van der Waals surface area contributed by atoms with Gasteiger partial charge in [0.25, 0.3) is 5.91 Å². The van der Waals surface area contributed by atoms with Crippen molar-refractivity contribution in [2.75, 3.05) is 77.7 Å². The van der Waals surface area contributed by atoms with E-state index < -0.39 is 16.1 Å². The molecule has 1 amide bonds. The van der Waals surface area contributed by atoms with Gasteiger partial charge in [0.05, 0.1) is 19.1 Å². The lowest BCUT2D eigenvalue weighted by molar-refractivity contribution is -0.134. The van der Waals surface area contributed by atoms with E-state index in [9.17, 15) is 13.2 Å². The van der Waals surface area contributed by atoms with Crippen molar-refractivity contribution in [1.29, 1.82) is 0 Å². The van der Waals surface area contributed by atoms with Gasteiger partial charge in [0, 0.05) is 64.0 Å². The van der Waals surface area contributed by atoms with Gasteiger partial charge in [0.2, 0.25) is 10.0 Å². The maximum atomic E-state index is 13.0. The highest BCUT2D eigenvalue weighted by molar-refractivity contribution is 7.88. The summed E-state index contributed by atoms with van der Waals surface area (Å²) in [4.78, 5) is 17.5. The average molecular weight is 468 g/mol. The van der Waals surface area contributed by atoms with E-state index in [4.69, 9.17) is 9.47 Å². The number of methoxy groups -OCH3 is 1. The third-order valence-electron chi connectivity index (χ3n) is 6.40. The maximum absolute atomic E-state index is 13.0. The van der Waals surface area contributed by atoms with Crippen LogP contribution in [-0.2, 0) is 21.2 Å². The number of carbonyl (C=O) groups excluding carboxylic acids is 1. The Morgan fingerprint density at radius 3 is 2.41 bits per heavy atom. The minimum absolute atomic E-state index is 0.191. The summed E-state index contributed by atoms with van der Waals surface area (Å²) in [6.07, 6.45) is 1.93. The third-order valence-corrected chi connectivity index (χ3v) is 7.71. The van der Waals surface area contributed by atoms with Crippen molar-refractivity contribution < 1.29 is 22.7 Å². The predicted octanol–water partition coefficient (Wildman–Crippen LogP) is -0.251. The number of likely N-dealkylation sites (N-methyl/N-ethyl adjacent to an activating group) is 1. The number of nitrogens with one attached hydrogen (secondary N) is 1. The van der Waals surface area contributed by atoms with Crippen LogP contribution in [0.2, 0.25) is 0 Å². The number of nitrogens with zero attached hydrogens (tertiary/aromatic N) is 4. The zero-order valence-corrected chi connectivity index (χ0v) is 19.9. The van der Waals surface area contributed by atoms with Gasteiger partial charge in [-0.15, -0.1) is 0 Å². The lowest BCUT2D eigenvalue weighted by Gasteiger charge is -2.38. The Hall–Kier alpha value is -2.08. The molecule has 0 radical (unpaired) electrons. The Bertz CT molecular complexity index is 940. The standard InChI is InChI=1S/C21H33N5O5S/c1-23-6-8-24(9-7-23)18-15-17(30-2)14-16-4-5-19(31-20(16)18)21(27)22-25-10-12-26(13-11-25)32(3,28)29/h14-15,19H,4-13H2,1-3H3,(H,22,27). The average Bonchev–Trinajstić information content (AvgIpc) is 2.78. The number of hydrogen-bond donors (Lipinski definition) is 1. The number of fused-ring (bicyclic) bond motifs is 1. The van der Waals surface area contributed by atoms with Gasteiger partial charge in [-0.2, -0.15) is 4.31 Å². The largest absolute Gasteiger partial charge is 0.497 e. The molecule has 0 spiro atoms. The van der Waals surface area contributed by atoms with Crippen LogP contribution in [0, 0.1) is 0 Å². The predicted molar refractivity (Wildman–Crippen MR) is 122 cm³/mol. The molecule has 11 heteroatoms. The van der Waals surface area contributed by atoms with E-state index in [0.29, 0.717) is 32.6 Å². The smallest absolute Gasteiger partial charge is 0.275 e. The summed E-state index contributed by atoms with van der Waals surface area (Å²) >= 11 is 0. The monoisotopic (exact) mass is 467 g/mol. The van der Waals surface area contributed by atoms with Crippen LogP contribution in [-0.4, -0.2) is 107 Å². The lowest BCUT2D eigenvalue weighted by Crippen LogP contribution is -2.57. The van der Waals surface area contributed by atoms with Gasteiger partial charge in [-0.25, -0.2) is 13.4 Å². The minimum atomic E-state index is -3.21. The van der Waals surface area contributed by atoms with Crippen LogP contribution in [0.25, 0.3) is 0 Å². The molecule has 1 atom stereocenters.